The fourth-order valence-electron chi connectivity index (χ4n) is 3.30. The first-order valence-corrected chi connectivity index (χ1v) is 11.0. The van der Waals surface area contributed by atoms with Crippen LogP contribution >= 0.6 is 22.6 Å². The molecule has 3 aromatic heterocycles. The minimum absolute atomic E-state index is 0.0121. The van der Waals surface area contributed by atoms with Crippen molar-refractivity contribution in [3.8, 4) is 11.4 Å². The van der Waals surface area contributed by atoms with Crippen molar-refractivity contribution < 1.29 is 14.3 Å². The first kappa shape index (κ1) is 21.9. The van der Waals surface area contributed by atoms with Crippen LogP contribution in [0.3, 0.4) is 0 Å². The second-order valence-corrected chi connectivity index (χ2v) is 8.21. The summed E-state index contributed by atoms with van der Waals surface area (Å²) in [5.74, 6) is -0.290. The monoisotopic (exact) mass is 544 g/mol. The molecule has 0 atom stereocenters. The van der Waals surface area contributed by atoms with Crippen LogP contribution in [0.1, 0.15) is 28.7 Å². The topological polar surface area (TPSA) is 103 Å². The van der Waals surface area contributed by atoms with Crippen LogP contribution in [0.25, 0.3) is 17.0 Å². The Hall–Kier alpha value is -3.28. The minimum atomic E-state index is -0.927. The maximum atomic E-state index is 12.5. The van der Waals surface area contributed by atoms with Gasteiger partial charge in [0.1, 0.15) is 17.3 Å². The number of halogens is 1. The van der Waals surface area contributed by atoms with Crippen LogP contribution in [-0.4, -0.2) is 42.5 Å². The van der Waals surface area contributed by atoms with E-state index < -0.39 is 11.8 Å². The molecule has 0 saturated carbocycles. The number of aromatic nitrogens is 5. The number of hydrogen-bond acceptors (Lipinski definition) is 7. The number of imidazole rings is 1. The summed E-state index contributed by atoms with van der Waals surface area (Å²) in [5.41, 5.74) is 3.31. The van der Waals surface area contributed by atoms with Gasteiger partial charge in [-0.15, -0.1) is 0 Å². The van der Waals surface area contributed by atoms with E-state index in [1.807, 2.05) is 42.9 Å². The Kier molecular flexibility index (Phi) is 6.21. The molecule has 0 amide bonds. The average molecular weight is 544 g/mol. The lowest BCUT2D eigenvalue weighted by Gasteiger charge is -2.11. The number of Topliss-reactive ketones (excluding diaryl/α,β-unsaturated/α-hetero) is 1. The molecule has 0 saturated heterocycles. The molecule has 0 aliphatic heterocycles. The van der Waals surface area contributed by atoms with Gasteiger partial charge in [0.25, 0.3) is 5.78 Å². The highest BCUT2D eigenvalue weighted by molar-refractivity contribution is 14.1. The highest BCUT2D eigenvalue weighted by atomic mass is 127. The number of ether oxygens (including phenoxy) is 1. The Morgan fingerprint density at radius 2 is 2.06 bits per heavy atom. The Morgan fingerprint density at radius 3 is 2.78 bits per heavy atom. The zero-order chi connectivity index (χ0) is 22.8. The van der Waals surface area contributed by atoms with Crippen LogP contribution in [0, 0.1) is 10.5 Å². The van der Waals surface area contributed by atoms with Crippen LogP contribution in [0.2, 0.25) is 0 Å². The van der Waals surface area contributed by atoms with E-state index in [-0.39, 0.29) is 12.3 Å². The average Bonchev–Trinajstić information content (AvgIpc) is 3.35. The number of esters is 1. The molecule has 0 unspecified atom stereocenters. The minimum Gasteiger partial charge on any atom is -0.460 e. The van der Waals surface area contributed by atoms with E-state index >= 15 is 0 Å². The SMILES string of the molecule is CCOC(=O)C(=O)c1cc(NCc2cccc(-c3nccn3C)c2)n2nc(C)c(I)c2n1. The van der Waals surface area contributed by atoms with E-state index in [1.165, 1.54) is 6.07 Å². The molecule has 0 radical (unpaired) electrons. The molecule has 1 N–H and O–H groups in total. The molecular weight excluding hydrogens is 523 g/mol. The number of ketones is 1. The van der Waals surface area contributed by atoms with Gasteiger partial charge in [-0.1, -0.05) is 18.2 Å². The van der Waals surface area contributed by atoms with E-state index in [9.17, 15) is 9.59 Å². The molecule has 0 aliphatic rings. The molecule has 1 aromatic carbocycles. The molecule has 0 aliphatic carbocycles. The highest BCUT2D eigenvalue weighted by Gasteiger charge is 2.23. The first-order valence-electron chi connectivity index (χ1n) is 9.97. The summed E-state index contributed by atoms with van der Waals surface area (Å²) in [4.78, 5) is 33.3. The lowest BCUT2D eigenvalue weighted by atomic mass is 10.1. The Bertz CT molecular complexity index is 1330. The van der Waals surface area contributed by atoms with Gasteiger partial charge in [0, 0.05) is 37.6 Å². The van der Waals surface area contributed by atoms with Crippen LogP contribution in [-0.2, 0) is 23.1 Å². The van der Waals surface area contributed by atoms with Crippen molar-refractivity contribution >= 4 is 45.8 Å². The van der Waals surface area contributed by atoms with E-state index in [1.54, 1.807) is 17.6 Å². The molecular formula is C22H21IN6O3. The lowest BCUT2D eigenvalue weighted by Crippen LogP contribution is -2.20. The van der Waals surface area contributed by atoms with Gasteiger partial charge in [-0.2, -0.15) is 9.61 Å². The van der Waals surface area contributed by atoms with Gasteiger partial charge in [-0.05, 0) is 48.1 Å². The molecule has 0 fully saturated rings. The van der Waals surface area contributed by atoms with Crippen molar-refractivity contribution in [2.24, 2.45) is 7.05 Å². The van der Waals surface area contributed by atoms with Gasteiger partial charge in [0.05, 0.1) is 15.9 Å². The van der Waals surface area contributed by atoms with Crippen LogP contribution in [0.5, 0.6) is 0 Å². The zero-order valence-corrected chi connectivity index (χ0v) is 20.0. The molecule has 4 aromatic rings. The standard InChI is InChI=1S/C22H21IN6O3/c1-4-32-22(31)19(30)16-11-17(29-21(26-16)18(23)13(2)27-29)25-12-14-6-5-7-15(10-14)20-24-8-9-28(20)3/h5-11,25H,4,12H2,1-3H3. The van der Waals surface area contributed by atoms with E-state index in [4.69, 9.17) is 4.74 Å². The molecule has 0 spiro atoms. The third-order valence-corrected chi connectivity index (χ3v) is 6.13. The molecule has 3 heterocycles. The summed E-state index contributed by atoms with van der Waals surface area (Å²) in [6.07, 6.45) is 3.66. The van der Waals surface area contributed by atoms with Crippen molar-refractivity contribution in [2.45, 2.75) is 20.4 Å². The van der Waals surface area contributed by atoms with Crippen LogP contribution in [0.4, 0.5) is 5.82 Å². The van der Waals surface area contributed by atoms with Gasteiger partial charge in [0.15, 0.2) is 5.65 Å². The molecule has 4 rings (SSSR count). The third kappa shape index (κ3) is 4.22. The van der Waals surface area contributed by atoms with Crippen molar-refractivity contribution in [3.05, 3.63) is 63.2 Å². The maximum Gasteiger partial charge on any atom is 0.381 e. The Morgan fingerprint density at radius 1 is 1.25 bits per heavy atom. The van der Waals surface area contributed by atoms with Crippen molar-refractivity contribution in [3.63, 3.8) is 0 Å². The predicted molar refractivity (Wildman–Crippen MR) is 127 cm³/mol. The summed E-state index contributed by atoms with van der Waals surface area (Å²) in [5, 5.41) is 7.84. The summed E-state index contributed by atoms with van der Waals surface area (Å²) < 4.78 is 9.26. The van der Waals surface area contributed by atoms with E-state index in [0.29, 0.717) is 18.0 Å². The fraction of sp³-hybridized carbons (Fsp3) is 0.227. The molecule has 164 valence electrons. The normalized spacial score (nSPS) is 11.0. The number of aryl methyl sites for hydroxylation is 2. The van der Waals surface area contributed by atoms with E-state index in [2.05, 4.69) is 49.0 Å². The van der Waals surface area contributed by atoms with Gasteiger partial charge >= 0.3 is 5.97 Å². The second-order valence-electron chi connectivity index (χ2n) is 7.13. The third-order valence-electron chi connectivity index (χ3n) is 4.87. The lowest BCUT2D eigenvalue weighted by molar-refractivity contribution is -0.137. The van der Waals surface area contributed by atoms with Gasteiger partial charge in [-0.25, -0.2) is 14.8 Å². The smallest absolute Gasteiger partial charge is 0.381 e. The number of carbonyl (C=O) groups is 2. The van der Waals surface area contributed by atoms with Crippen molar-refractivity contribution in [1.29, 1.82) is 0 Å². The Balaban J connectivity index is 1.67. The molecule has 10 heteroatoms. The number of hydrogen-bond donors (Lipinski definition) is 1. The van der Waals surface area contributed by atoms with Gasteiger partial charge in [0.2, 0.25) is 0 Å². The zero-order valence-electron chi connectivity index (χ0n) is 17.8. The van der Waals surface area contributed by atoms with E-state index in [0.717, 1.165) is 26.2 Å². The van der Waals surface area contributed by atoms with Crippen LogP contribution < -0.4 is 5.32 Å². The first-order chi connectivity index (χ1) is 15.4. The quantitative estimate of drug-likeness (QED) is 0.165. The number of nitrogens with one attached hydrogen (secondary N) is 1. The summed E-state index contributed by atoms with van der Waals surface area (Å²) >= 11 is 2.13. The number of anilines is 1. The number of benzene rings is 1. The summed E-state index contributed by atoms with van der Waals surface area (Å²) in [7, 11) is 1.95. The molecule has 0 bridgehead atoms. The second kappa shape index (κ2) is 9.07. The highest BCUT2D eigenvalue weighted by Crippen LogP contribution is 2.23. The molecule has 32 heavy (non-hydrogen) atoms. The fourth-order valence-corrected chi connectivity index (χ4v) is 3.75. The van der Waals surface area contributed by atoms with Crippen molar-refractivity contribution in [1.82, 2.24) is 24.1 Å². The Labute approximate surface area is 198 Å². The largest absolute Gasteiger partial charge is 0.460 e. The number of fused-ring (bicyclic) bond motifs is 1. The summed E-state index contributed by atoms with van der Waals surface area (Å²) in [6, 6.07) is 9.56. The predicted octanol–water partition coefficient (Wildman–Crippen LogP) is 3.40. The maximum absolute atomic E-state index is 12.5. The van der Waals surface area contributed by atoms with Crippen LogP contribution in [0.15, 0.2) is 42.7 Å². The van der Waals surface area contributed by atoms with Gasteiger partial charge < -0.3 is 14.6 Å². The number of rotatable bonds is 7. The summed E-state index contributed by atoms with van der Waals surface area (Å²) in [6.45, 7) is 4.11. The number of nitrogens with zero attached hydrogens (tertiary/aromatic N) is 5. The number of carbonyl (C=O) groups excluding carboxylic acids is 2. The van der Waals surface area contributed by atoms with Gasteiger partial charge in [-0.3, -0.25) is 4.79 Å². The molecule has 9 nitrogen and oxygen atoms in total. The van der Waals surface area contributed by atoms with Crippen molar-refractivity contribution in [2.75, 3.05) is 11.9 Å².